The molecule has 2 fully saturated rings. The van der Waals surface area contributed by atoms with Crippen molar-refractivity contribution in [3.63, 3.8) is 0 Å². The van der Waals surface area contributed by atoms with E-state index in [1.807, 2.05) is 39.9 Å². The van der Waals surface area contributed by atoms with Crippen molar-refractivity contribution >= 4 is 16.8 Å². The highest BCUT2D eigenvalue weighted by Crippen LogP contribution is 2.38. The van der Waals surface area contributed by atoms with Gasteiger partial charge in [-0.2, -0.15) is 0 Å². The Morgan fingerprint density at radius 3 is 2.93 bits per heavy atom. The predicted molar refractivity (Wildman–Crippen MR) is 102 cm³/mol. The van der Waals surface area contributed by atoms with Gasteiger partial charge in [0, 0.05) is 43.3 Å². The van der Waals surface area contributed by atoms with Gasteiger partial charge in [0.2, 0.25) is 0 Å². The number of benzene rings is 1. The topological polar surface area (TPSA) is 63.9 Å². The molecule has 2 aromatic heterocycles. The lowest BCUT2D eigenvalue weighted by Crippen LogP contribution is -2.41. The highest BCUT2D eigenvalue weighted by molar-refractivity contribution is 6.05. The third-order valence-corrected chi connectivity index (χ3v) is 5.68. The fourth-order valence-corrected chi connectivity index (χ4v) is 4.08. The smallest absolute Gasteiger partial charge is 0.254 e. The molecule has 1 aliphatic carbocycles. The molecule has 1 saturated carbocycles. The number of aromatic nitrogens is 4. The second-order valence-electron chi connectivity index (χ2n) is 7.77. The van der Waals surface area contributed by atoms with E-state index >= 15 is 0 Å². The average Bonchev–Trinajstić information content (AvgIpc) is 3.47. The maximum atomic E-state index is 13.2. The zero-order valence-corrected chi connectivity index (χ0v) is 15.3. The number of hydrogen-bond acceptors (Lipinski definition) is 4. The van der Waals surface area contributed by atoms with E-state index < -0.39 is 0 Å². The third-order valence-electron chi connectivity index (χ3n) is 5.68. The number of carbonyl (C=O) groups is 1. The van der Waals surface area contributed by atoms with Crippen molar-refractivity contribution in [2.45, 2.75) is 38.1 Å². The highest BCUT2D eigenvalue weighted by Gasteiger charge is 2.28. The molecule has 0 N–H and O–H groups in total. The minimum atomic E-state index is 0.107. The van der Waals surface area contributed by atoms with Gasteiger partial charge in [-0.3, -0.25) is 14.5 Å². The fraction of sp³-hybridized carbons (Fsp3) is 0.429. The Kier molecular flexibility index (Phi) is 4.11. The molecule has 1 aliphatic heterocycles. The Hall–Kier alpha value is -2.76. The number of piperidine rings is 1. The number of carbonyl (C=O) groups excluding carboxylic acids is 1. The standard InChI is InChI=1S/C21H23N5O/c27-21(18-9-10-22-19-6-2-1-5-17(18)19)25-11-3-4-15(12-25)13-26-14-20(23-24-26)16-7-8-16/h1-2,5-6,9-10,14-16H,3-4,7-8,11-13H2/t15-/m0/s1. The van der Waals surface area contributed by atoms with Gasteiger partial charge in [0.25, 0.3) is 5.91 Å². The van der Waals surface area contributed by atoms with Crippen LogP contribution in [0.15, 0.2) is 42.7 Å². The molecule has 0 spiro atoms. The Balaban J connectivity index is 1.31. The lowest BCUT2D eigenvalue weighted by Gasteiger charge is -2.33. The van der Waals surface area contributed by atoms with Gasteiger partial charge >= 0.3 is 0 Å². The van der Waals surface area contributed by atoms with Crippen molar-refractivity contribution in [1.29, 1.82) is 0 Å². The molecule has 1 aromatic carbocycles. The van der Waals surface area contributed by atoms with Gasteiger partial charge in [0.1, 0.15) is 0 Å². The number of para-hydroxylation sites is 1. The van der Waals surface area contributed by atoms with E-state index in [-0.39, 0.29) is 5.91 Å². The van der Waals surface area contributed by atoms with Crippen molar-refractivity contribution in [3.05, 3.63) is 54.0 Å². The van der Waals surface area contributed by atoms with Crippen molar-refractivity contribution in [2.75, 3.05) is 13.1 Å². The molecule has 5 rings (SSSR count). The van der Waals surface area contributed by atoms with Crippen LogP contribution >= 0.6 is 0 Å². The molecule has 0 radical (unpaired) electrons. The number of rotatable bonds is 4. The zero-order chi connectivity index (χ0) is 18.2. The van der Waals surface area contributed by atoms with Crippen LogP contribution in [0.4, 0.5) is 0 Å². The van der Waals surface area contributed by atoms with E-state index in [1.54, 1.807) is 6.20 Å². The van der Waals surface area contributed by atoms with Gasteiger partial charge in [-0.25, -0.2) is 0 Å². The van der Waals surface area contributed by atoms with Gasteiger partial charge in [-0.1, -0.05) is 23.4 Å². The van der Waals surface area contributed by atoms with Crippen LogP contribution in [-0.4, -0.2) is 43.9 Å². The lowest BCUT2D eigenvalue weighted by molar-refractivity contribution is 0.0661. The molecule has 1 saturated heterocycles. The Morgan fingerprint density at radius 2 is 2.04 bits per heavy atom. The molecular weight excluding hydrogens is 338 g/mol. The van der Waals surface area contributed by atoms with E-state index in [2.05, 4.69) is 21.5 Å². The number of nitrogens with zero attached hydrogens (tertiary/aromatic N) is 5. The molecule has 3 aromatic rings. The summed E-state index contributed by atoms with van der Waals surface area (Å²) in [6, 6.07) is 9.68. The van der Waals surface area contributed by atoms with Crippen molar-refractivity contribution in [3.8, 4) is 0 Å². The van der Waals surface area contributed by atoms with E-state index in [1.165, 1.54) is 12.8 Å². The second-order valence-corrected chi connectivity index (χ2v) is 7.77. The highest BCUT2D eigenvalue weighted by atomic mass is 16.2. The maximum absolute atomic E-state index is 13.2. The molecule has 3 heterocycles. The molecule has 2 aliphatic rings. The van der Waals surface area contributed by atoms with Crippen LogP contribution in [0, 0.1) is 5.92 Å². The van der Waals surface area contributed by atoms with Gasteiger partial charge in [0.05, 0.1) is 16.8 Å². The summed E-state index contributed by atoms with van der Waals surface area (Å²) in [7, 11) is 0. The fourth-order valence-electron chi connectivity index (χ4n) is 4.08. The monoisotopic (exact) mass is 361 g/mol. The summed E-state index contributed by atoms with van der Waals surface area (Å²) < 4.78 is 1.97. The number of fused-ring (bicyclic) bond motifs is 1. The average molecular weight is 361 g/mol. The number of hydrogen-bond donors (Lipinski definition) is 0. The first-order valence-corrected chi connectivity index (χ1v) is 9.81. The molecular formula is C21H23N5O. The largest absolute Gasteiger partial charge is 0.338 e. The summed E-state index contributed by atoms with van der Waals surface area (Å²) in [6.45, 7) is 2.42. The Labute approximate surface area is 158 Å². The van der Waals surface area contributed by atoms with E-state index in [0.29, 0.717) is 11.8 Å². The summed E-state index contributed by atoms with van der Waals surface area (Å²) in [4.78, 5) is 19.5. The summed E-state index contributed by atoms with van der Waals surface area (Å²) in [5.41, 5.74) is 2.74. The Morgan fingerprint density at radius 1 is 1.15 bits per heavy atom. The molecule has 1 atom stereocenters. The molecule has 0 unspecified atom stereocenters. The second kappa shape index (κ2) is 6.76. The summed E-state index contributed by atoms with van der Waals surface area (Å²) >= 11 is 0. The van der Waals surface area contributed by atoms with E-state index in [0.717, 1.165) is 54.6 Å². The minimum Gasteiger partial charge on any atom is -0.338 e. The SMILES string of the molecule is O=C(c1ccnc2ccccc12)N1CCC[C@H](Cn2cc(C3CC3)nn2)C1. The molecule has 6 nitrogen and oxygen atoms in total. The molecule has 138 valence electrons. The van der Waals surface area contributed by atoms with Crippen LogP contribution in [-0.2, 0) is 6.54 Å². The Bertz CT molecular complexity index is 972. The summed E-state index contributed by atoms with van der Waals surface area (Å²) in [6.07, 6.45) is 8.46. The van der Waals surface area contributed by atoms with Crippen LogP contribution < -0.4 is 0 Å². The first-order valence-electron chi connectivity index (χ1n) is 9.81. The van der Waals surface area contributed by atoms with Crippen LogP contribution in [0.25, 0.3) is 10.9 Å². The van der Waals surface area contributed by atoms with Crippen molar-refractivity contribution < 1.29 is 4.79 Å². The summed E-state index contributed by atoms with van der Waals surface area (Å²) in [5.74, 6) is 1.16. The first-order chi connectivity index (χ1) is 13.3. The zero-order valence-electron chi connectivity index (χ0n) is 15.3. The van der Waals surface area contributed by atoms with E-state index in [9.17, 15) is 4.79 Å². The van der Waals surface area contributed by atoms with Crippen LogP contribution in [0.1, 0.15) is 47.7 Å². The normalized spacial score (nSPS) is 20.1. The van der Waals surface area contributed by atoms with Crippen LogP contribution in [0.2, 0.25) is 0 Å². The van der Waals surface area contributed by atoms with Gasteiger partial charge in [-0.15, -0.1) is 5.10 Å². The summed E-state index contributed by atoms with van der Waals surface area (Å²) in [5, 5.41) is 9.53. The van der Waals surface area contributed by atoms with Gasteiger partial charge in [0.15, 0.2) is 0 Å². The lowest BCUT2D eigenvalue weighted by atomic mass is 9.97. The molecule has 27 heavy (non-hydrogen) atoms. The number of amides is 1. The third kappa shape index (κ3) is 3.31. The molecule has 6 heteroatoms. The molecule has 1 amide bonds. The van der Waals surface area contributed by atoms with Gasteiger partial charge < -0.3 is 4.90 Å². The van der Waals surface area contributed by atoms with E-state index in [4.69, 9.17) is 0 Å². The number of likely N-dealkylation sites (tertiary alicyclic amines) is 1. The number of pyridine rings is 1. The van der Waals surface area contributed by atoms with Crippen molar-refractivity contribution in [2.24, 2.45) is 5.92 Å². The predicted octanol–water partition coefficient (Wildman–Crippen LogP) is 3.26. The van der Waals surface area contributed by atoms with Crippen LogP contribution in [0.5, 0.6) is 0 Å². The maximum Gasteiger partial charge on any atom is 0.254 e. The van der Waals surface area contributed by atoms with Gasteiger partial charge in [-0.05, 0) is 43.7 Å². The van der Waals surface area contributed by atoms with Crippen molar-refractivity contribution in [1.82, 2.24) is 24.9 Å². The first kappa shape index (κ1) is 16.4. The molecule has 0 bridgehead atoms. The minimum absolute atomic E-state index is 0.107. The quantitative estimate of drug-likeness (QED) is 0.715. The van der Waals surface area contributed by atoms with Crippen LogP contribution in [0.3, 0.4) is 0 Å².